The van der Waals surface area contributed by atoms with Crippen LogP contribution in [0.5, 0.6) is 0 Å². The summed E-state index contributed by atoms with van der Waals surface area (Å²) < 4.78 is 3.44. The van der Waals surface area contributed by atoms with Gasteiger partial charge >= 0.3 is 0 Å². The van der Waals surface area contributed by atoms with Gasteiger partial charge in [0.2, 0.25) is 0 Å². The number of nitrogens with zero attached hydrogens (tertiary/aromatic N) is 1. The maximum atomic E-state index is 13.3. The lowest BCUT2D eigenvalue weighted by Gasteiger charge is -2.30. The summed E-state index contributed by atoms with van der Waals surface area (Å²) in [5.41, 5.74) is 3.85. The van der Waals surface area contributed by atoms with E-state index in [1.54, 1.807) is 22.7 Å². The molecule has 0 radical (unpaired) electrons. The van der Waals surface area contributed by atoms with Crippen LogP contribution in [0.3, 0.4) is 0 Å². The predicted molar refractivity (Wildman–Crippen MR) is 154 cm³/mol. The van der Waals surface area contributed by atoms with Gasteiger partial charge in [-0.05, 0) is 57.5 Å². The second-order valence-electron chi connectivity index (χ2n) is 10.1. The predicted octanol–water partition coefficient (Wildman–Crippen LogP) is 6.66. The molecular weight excluding hydrogens is 499 g/mol. The molecule has 4 heterocycles. The number of carbonyl (C=O) groups excluding carboxylic acids is 2. The Labute approximate surface area is 215 Å². The van der Waals surface area contributed by atoms with Gasteiger partial charge in [-0.1, -0.05) is 49.5 Å². The maximum absolute atomic E-state index is 13.3. The van der Waals surface area contributed by atoms with Gasteiger partial charge in [0.1, 0.15) is 13.1 Å². The summed E-state index contributed by atoms with van der Waals surface area (Å²) in [6, 6.07) is 23.3. The number of carbonyl (C=O) groups is 2. The first-order chi connectivity index (χ1) is 17.4. The third kappa shape index (κ3) is 2.46. The second-order valence-corrected chi connectivity index (χ2v) is 16.5. The Morgan fingerprint density at radius 3 is 2.47 bits per heavy atom. The van der Waals surface area contributed by atoms with Crippen molar-refractivity contribution in [1.82, 2.24) is 4.57 Å². The topological polar surface area (TPSA) is 39.1 Å². The van der Waals surface area contributed by atoms with Crippen molar-refractivity contribution in [3.05, 3.63) is 93.7 Å². The van der Waals surface area contributed by atoms with E-state index in [9.17, 15) is 9.59 Å². The molecule has 0 spiro atoms. The van der Waals surface area contributed by atoms with Gasteiger partial charge < -0.3 is 4.57 Å². The molecular formula is C30H19NO2S2Si. The molecule has 0 N–H and O–H groups in total. The monoisotopic (exact) mass is 517 g/mol. The fourth-order valence-electron chi connectivity index (χ4n) is 6.02. The number of hydrogen-bond acceptors (Lipinski definition) is 4. The smallest absolute Gasteiger partial charge is 0.197 e. The van der Waals surface area contributed by atoms with Gasteiger partial charge in [-0.3, -0.25) is 9.59 Å². The summed E-state index contributed by atoms with van der Waals surface area (Å²) in [6.07, 6.45) is 1.83. The summed E-state index contributed by atoms with van der Waals surface area (Å²) in [6.45, 7) is 4.81. The largest absolute Gasteiger partial charge is 0.301 e. The van der Waals surface area contributed by atoms with Crippen LogP contribution in [0.2, 0.25) is 13.1 Å². The third-order valence-electron chi connectivity index (χ3n) is 7.83. The Morgan fingerprint density at radius 2 is 1.61 bits per heavy atom. The van der Waals surface area contributed by atoms with Gasteiger partial charge in [0.05, 0.1) is 16.6 Å². The molecule has 0 fully saturated rings. The summed E-state index contributed by atoms with van der Waals surface area (Å²) in [4.78, 5) is 27.6. The van der Waals surface area contributed by atoms with E-state index < -0.39 is 8.07 Å². The van der Waals surface area contributed by atoms with Crippen molar-refractivity contribution in [2.45, 2.75) is 13.1 Å². The first kappa shape index (κ1) is 20.6. The molecule has 0 atom stereocenters. The molecule has 1 aliphatic heterocycles. The number of benzene rings is 3. The van der Waals surface area contributed by atoms with E-state index in [0.29, 0.717) is 11.1 Å². The molecule has 172 valence electrons. The molecule has 3 nitrogen and oxygen atoms in total. The van der Waals surface area contributed by atoms with Gasteiger partial charge in [-0.15, -0.1) is 22.7 Å². The van der Waals surface area contributed by atoms with E-state index in [1.807, 2.05) is 29.7 Å². The number of Topliss-reactive ketones (excluding diaryl/α,β-unsaturated/α-hetero) is 2. The number of allylic oxidation sites excluding steroid dienone is 1. The molecule has 0 bridgehead atoms. The summed E-state index contributed by atoms with van der Waals surface area (Å²) in [5, 5.41) is 9.57. The van der Waals surface area contributed by atoms with Crippen molar-refractivity contribution in [2.24, 2.45) is 0 Å². The van der Waals surface area contributed by atoms with Crippen molar-refractivity contribution < 1.29 is 9.59 Å². The quantitative estimate of drug-likeness (QED) is 0.139. The Hall–Kier alpha value is -3.58. The lowest BCUT2D eigenvalue weighted by atomic mass is 10.1. The summed E-state index contributed by atoms with van der Waals surface area (Å²) >= 11 is 3.28. The average Bonchev–Trinajstić information content (AvgIpc) is 3.63. The van der Waals surface area contributed by atoms with Crippen LogP contribution in [0, 0.1) is 0 Å². The van der Waals surface area contributed by atoms with Crippen molar-refractivity contribution in [2.75, 3.05) is 0 Å². The van der Waals surface area contributed by atoms with Crippen LogP contribution in [0.15, 0.2) is 77.7 Å². The number of fused-ring (bicyclic) bond motifs is 7. The standard InChI is InChI=1S/C30H19NO2S2Si/c1-36(2)25-9-5-7-19-18-6-3-4-8-23(18)31(27(19)25)30-26(36)14-17(35-30)13-22-28(32)20-12-16-10-11-34-24(16)15-21(20)29(22)33/h3-15H,1-2H3/b22-13-. The molecule has 0 unspecified atom stereocenters. The molecule has 3 aromatic heterocycles. The van der Waals surface area contributed by atoms with Crippen molar-refractivity contribution in [3.8, 4) is 5.00 Å². The summed E-state index contributed by atoms with van der Waals surface area (Å²) in [7, 11) is -1.99. The van der Waals surface area contributed by atoms with Crippen LogP contribution < -0.4 is 10.4 Å². The minimum absolute atomic E-state index is 0.162. The van der Waals surface area contributed by atoms with Gasteiger partial charge in [0.15, 0.2) is 11.6 Å². The van der Waals surface area contributed by atoms with E-state index in [4.69, 9.17) is 0 Å². The minimum Gasteiger partial charge on any atom is -0.301 e. The SMILES string of the molecule is C[Si]1(C)c2cc(/C=C3/C(=O)c4cc5ccsc5cc4C3=O)sc2-n2c3ccccc3c3cccc1c32. The van der Waals surface area contributed by atoms with E-state index in [2.05, 4.69) is 66.2 Å². The van der Waals surface area contributed by atoms with Crippen molar-refractivity contribution in [1.29, 1.82) is 0 Å². The average molecular weight is 518 g/mol. The highest BCUT2D eigenvalue weighted by atomic mass is 32.1. The van der Waals surface area contributed by atoms with Gasteiger partial charge in [0, 0.05) is 31.5 Å². The highest BCUT2D eigenvalue weighted by Gasteiger charge is 2.39. The Kier molecular flexibility index (Phi) is 3.89. The first-order valence-corrected chi connectivity index (χ1v) is 16.6. The molecule has 0 amide bonds. The molecule has 6 heteroatoms. The molecule has 36 heavy (non-hydrogen) atoms. The number of ketones is 2. The maximum Gasteiger partial charge on any atom is 0.197 e. The zero-order valence-electron chi connectivity index (χ0n) is 19.6. The number of aromatic nitrogens is 1. The Balaban J connectivity index is 1.35. The summed E-state index contributed by atoms with van der Waals surface area (Å²) in [5.74, 6) is -0.326. The van der Waals surface area contributed by atoms with Crippen molar-refractivity contribution in [3.63, 3.8) is 0 Å². The third-order valence-corrected chi connectivity index (χ3v) is 13.4. The molecule has 1 aliphatic carbocycles. The van der Waals surface area contributed by atoms with E-state index in [-0.39, 0.29) is 17.1 Å². The first-order valence-electron chi connectivity index (χ1n) is 11.9. The van der Waals surface area contributed by atoms with Crippen LogP contribution in [-0.2, 0) is 0 Å². The normalized spacial score (nSPS) is 17.0. The number of rotatable bonds is 1. The minimum atomic E-state index is -1.99. The zero-order valence-corrected chi connectivity index (χ0v) is 22.2. The highest BCUT2D eigenvalue weighted by molar-refractivity contribution is 7.19. The Morgan fingerprint density at radius 1 is 0.833 bits per heavy atom. The fraction of sp³-hybridized carbons (Fsp3) is 0.0667. The van der Waals surface area contributed by atoms with Crippen LogP contribution >= 0.6 is 22.7 Å². The van der Waals surface area contributed by atoms with Crippen LogP contribution in [0.1, 0.15) is 25.6 Å². The lowest BCUT2D eigenvalue weighted by molar-refractivity contribution is 0.0990. The second kappa shape index (κ2) is 6.79. The van der Waals surface area contributed by atoms with Crippen LogP contribution in [-0.4, -0.2) is 24.2 Å². The Bertz CT molecular complexity index is 1970. The zero-order chi connectivity index (χ0) is 24.3. The van der Waals surface area contributed by atoms with Gasteiger partial charge in [-0.2, -0.15) is 0 Å². The van der Waals surface area contributed by atoms with E-state index >= 15 is 0 Å². The molecule has 0 saturated carbocycles. The van der Waals surface area contributed by atoms with Crippen LogP contribution in [0.4, 0.5) is 0 Å². The van der Waals surface area contributed by atoms with E-state index in [1.165, 1.54) is 37.2 Å². The highest BCUT2D eigenvalue weighted by Crippen LogP contribution is 2.39. The van der Waals surface area contributed by atoms with Gasteiger partial charge in [0.25, 0.3) is 0 Å². The number of para-hydroxylation sites is 2. The molecule has 0 saturated heterocycles. The molecule has 3 aromatic carbocycles. The van der Waals surface area contributed by atoms with Gasteiger partial charge in [-0.25, -0.2) is 0 Å². The van der Waals surface area contributed by atoms with Crippen molar-refractivity contribution >= 4 is 90.7 Å². The van der Waals surface area contributed by atoms with E-state index in [0.717, 1.165) is 15.0 Å². The fourth-order valence-corrected chi connectivity index (χ4v) is 11.7. The molecule has 6 aromatic rings. The van der Waals surface area contributed by atoms with Crippen LogP contribution in [0.25, 0.3) is 43.0 Å². The molecule has 2 aliphatic rings. The molecule has 8 rings (SSSR count). The lowest BCUT2D eigenvalue weighted by Crippen LogP contribution is -2.56. The number of thiophene rings is 2. The number of hydrogen-bond donors (Lipinski definition) is 0.